The molecule has 0 bridgehead atoms. The number of halogens is 1. The van der Waals surface area contributed by atoms with Crippen LogP contribution >= 0.6 is 0 Å². The number of carbonyl (C=O) groups excluding carboxylic acids is 2. The largest absolute Gasteiger partial charge is 0.477 e. The highest BCUT2D eigenvalue weighted by Crippen LogP contribution is 2.29. The lowest BCUT2D eigenvalue weighted by atomic mass is 10.1. The molecular formula is C23H27FN4O3. The highest BCUT2D eigenvalue weighted by molar-refractivity contribution is 5.94. The molecule has 164 valence electrons. The molecule has 2 aliphatic rings. The first-order valence-electron chi connectivity index (χ1n) is 10.7. The molecule has 2 aromatic rings. The Kier molecular flexibility index (Phi) is 6.34. The number of aromatic nitrogens is 1. The van der Waals surface area contributed by atoms with Gasteiger partial charge in [0, 0.05) is 50.6 Å². The molecule has 2 heterocycles. The summed E-state index contributed by atoms with van der Waals surface area (Å²) in [4.78, 5) is 31.8. The zero-order valence-electron chi connectivity index (χ0n) is 17.6. The number of nitrogens with one attached hydrogen (secondary N) is 1. The standard InChI is InChI=1S/C23H27FN4O3/c1-16(29)19-5-6-21(20(24)12-19)27-8-10-28(11-9-27)23(30)26-14-18-4-7-22(25-13-18)31-15-17-2-3-17/h4-7,12-13,17H,2-3,8-11,14-15H2,1H3,(H,26,30). The molecule has 0 atom stereocenters. The maximum atomic E-state index is 14.4. The van der Waals surface area contributed by atoms with Gasteiger partial charge in [0.2, 0.25) is 5.88 Å². The Labute approximate surface area is 181 Å². The number of ether oxygens (including phenoxy) is 1. The van der Waals surface area contributed by atoms with Crippen molar-refractivity contribution in [2.24, 2.45) is 5.92 Å². The third-order valence-corrected chi connectivity index (χ3v) is 5.67. The molecule has 1 saturated heterocycles. The number of hydrogen-bond acceptors (Lipinski definition) is 5. The summed E-state index contributed by atoms with van der Waals surface area (Å²) in [6, 6.07) is 8.12. The second-order valence-electron chi connectivity index (χ2n) is 8.11. The van der Waals surface area contributed by atoms with Crippen molar-refractivity contribution < 1.29 is 18.7 Å². The van der Waals surface area contributed by atoms with Crippen LogP contribution in [-0.4, -0.2) is 54.5 Å². The summed E-state index contributed by atoms with van der Waals surface area (Å²) in [5.41, 5.74) is 1.72. The van der Waals surface area contributed by atoms with E-state index in [4.69, 9.17) is 4.74 Å². The fraction of sp³-hybridized carbons (Fsp3) is 0.435. The second-order valence-corrected chi connectivity index (χ2v) is 8.11. The minimum Gasteiger partial charge on any atom is -0.477 e. The Morgan fingerprint density at radius 2 is 1.94 bits per heavy atom. The van der Waals surface area contributed by atoms with Gasteiger partial charge in [-0.2, -0.15) is 0 Å². The van der Waals surface area contributed by atoms with Crippen LogP contribution in [0.1, 0.15) is 35.7 Å². The van der Waals surface area contributed by atoms with Crippen molar-refractivity contribution in [3.8, 4) is 5.88 Å². The first-order valence-corrected chi connectivity index (χ1v) is 10.7. The Bertz CT molecular complexity index is 938. The quantitative estimate of drug-likeness (QED) is 0.688. The van der Waals surface area contributed by atoms with Crippen LogP contribution in [0.15, 0.2) is 36.5 Å². The van der Waals surface area contributed by atoms with E-state index in [1.807, 2.05) is 17.0 Å². The maximum Gasteiger partial charge on any atom is 0.317 e. The summed E-state index contributed by atoms with van der Waals surface area (Å²) in [5, 5.41) is 2.91. The molecule has 2 fully saturated rings. The maximum absolute atomic E-state index is 14.4. The SMILES string of the molecule is CC(=O)c1ccc(N2CCN(C(=O)NCc3ccc(OCC4CC4)nc3)CC2)c(F)c1. The van der Waals surface area contributed by atoms with Crippen molar-refractivity contribution >= 4 is 17.5 Å². The van der Waals surface area contributed by atoms with Crippen molar-refractivity contribution in [1.82, 2.24) is 15.2 Å². The Balaban J connectivity index is 1.23. The molecule has 1 aliphatic heterocycles. The van der Waals surface area contributed by atoms with Gasteiger partial charge in [0.15, 0.2) is 5.78 Å². The van der Waals surface area contributed by atoms with Gasteiger partial charge in [-0.25, -0.2) is 14.2 Å². The molecule has 1 saturated carbocycles. The van der Waals surface area contributed by atoms with E-state index in [1.54, 1.807) is 23.2 Å². The molecule has 7 nitrogen and oxygen atoms in total. The molecule has 1 aromatic carbocycles. The summed E-state index contributed by atoms with van der Waals surface area (Å²) in [5.74, 6) is 0.713. The number of rotatable bonds is 7. The number of benzene rings is 1. The predicted octanol–water partition coefficient (Wildman–Crippen LogP) is 3.24. The number of amides is 2. The predicted molar refractivity (Wildman–Crippen MR) is 115 cm³/mol. The van der Waals surface area contributed by atoms with Crippen LogP contribution in [0, 0.1) is 11.7 Å². The van der Waals surface area contributed by atoms with Crippen LogP contribution in [-0.2, 0) is 6.54 Å². The fourth-order valence-electron chi connectivity index (χ4n) is 3.51. The normalized spacial score (nSPS) is 16.2. The molecule has 1 aliphatic carbocycles. The van der Waals surface area contributed by atoms with E-state index in [1.165, 1.54) is 25.8 Å². The fourth-order valence-corrected chi connectivity index (χ4v) is 3.51. The molecule has 0 radical (unpaired) electrons. The molecule has 1 aromatic heterocycles. The smallest absolute Gasteiger partial charge is 0.317 e. The minimum atomic E-state index is -0.414. The van der Waals surface area contributed by atoms with Crippen LogP contribution in [0.2, 0.25) is 0 Å². The summed E-state index contributed by atoms with van der Waals surface area (Å²) in [6.45, 7) is 4.56. The first kappa shape index (κ1) is 21.1. The van der Waals surface area contributed by atoms with Gasteiger partial charge in [0.25, 0.3) is 0 Å². The van der Waals surface area contributed by atoms with Gasteiger partial charge < -0.3 is 19.9 Å². The number of nitrogens with zero attached hydrogens (tertiary/aromatic N) is 3. The van der Waals surface area contributed by atoms with Gasteiger partial charge in [-0.3, -0.25) is 4.79 Å². The van der Waals surface area contributed by atoms with Crippen LogP contribution in [0.25, 0.3) is 0 Å². The molecule has 0 unspecified atom stereocenters. The van der Waals surface area contributed by atoms with Crippen LogP contribution in [0.3, 0.4) is 0 Å². The number of urea groups is 1. The number of ketones is 1. The molecule has 4 rings (SSSR count). The van der Waals surface area contributed by atoms with E-state index < -0.39 is 5.82 Å². The van der Waals surface area contributed by atoms with Gasteiger partial charge in [-0.15, -0.1) is 0 Å². The molecular weight excluding hydrogens is 399 g/mol. The van der Waals surface area contributed by atoms with E-state index in [2.05, 4.69) is 10.3 Å². The van der Waals surface area contributed by atoms with Gasteiger partial charge in [0.1, 0.15) is 5.82 Å². The Hall–Kier alpha value is -3.16. The van der Waals surface area contributed by atoms with Gasteiger partial charge in [-0.1, -0.05) is 6.07 Å². The van der Waals surface area contributed by atoms with Crippen molar-refractivity contribution in [3.05, 3.63) is 53.5 Å². The minimum absolute atomic E-state index is 0.152. The summed E-state index contributed by atoms with van der Waals surface area (Å²) in [6.07, 6.45) is 4.19. The van der Waals surface area contributed by atoms with Crippen LogP contribution in [0.5, 0.6) is 5.88 Å². The topological polar surface area (TPSA) is 74.8 Å². The number of carbonyl (C=O) groups is 2. The lowest BCUT2D eigenvalue weighted by Gasteiger charge is -2.36. The number of hydrogen-bond donors (Lipinski definition) is 1. The molecule has 2 amide bonds. The van der Waals surface area contributed by atoms with E-state index >= 15 is 0 Å². The number of Topliss-reactive ketones (excluding diaryl/α,β-unsaturated/α-hetero) is 1. The Morgan fingerprint density at radius 1 is 1.16 bits per heavy atom. The third-order valence-electron chi connectivity index (χ3n) is 5.67. The molecule has 1 N–H and O–H groups in total. The molecule has 8 heteroatoms. The lowest BCUT2D eigenvalue weighted by Crippen LogP contribution is -2.51. The monoisotopic (exact) mass is 426 g/mol. The number of piperazine rings is 1. The number of anilines is 1. The summed E-state index contributed by atoms with van der Waals surface area (Å²) < 4.78 is 20.0. The van der Waals surface area contributed by atoms with Crippen LogP contribution in [0.4, 0.5) is 14.9 Å². The second kappa shape index (κ2) is 9.32. The molecule has 31 heavy (non-hydrogen) atoms. The third kappa shape index (κ3) is 5.51. The Morgan fingerprint density at radius 3 is 2.55 bits per heavy atom. The lowest BCUT2D eigenvalue weighted by molar-refractivity contribution is 0.101. The van der Waals surface area contributed by atoms with Gasteiger partial charge in [-0.05, 0) is 49.4 Å². The van der Waals surface area contributed by atoms with E-state index in [-0.39, 0.29) is 11.8 Å². The van der Waals surface area contributed by atoms with Gasteiger partial charge >= 0.3 is 6.03 Å². The van der Waals surface area contributed by atoms with E-state index in [0.29, 0.717) is 55.8 Å². The molecule has 0 spiro atoms. The van der Waals surface area contributed by atoms with Crippen LogP contribution < -0.4 is 15.0 Å². The van der Waals surface area contributed by atoms with Gasteiger partial charge in [0.05, 0.1) is 12.3 Å². The highest BCUT2D eigenvalue weighted by Gasteiger charge is 2.23. The van der Waals surface area contributed by atoms with Crippen molar-refractivity contribution in [2.45, 2.75) is 26.3 Å². The van der Waals surface area contributed by atoms with Crippen molar-refractivity contribution in [1.29, 1.82) is 0 Å². The van der Waals surface area contributed by atoms with Crippen molar-refractivity contribution in [3.63, 3.8) is 0 Å². The average Bonchev–Trinajstić information content (AvgIpc) is 3.61. The number of pyridine rings is 1. The van der Waals surface area contributed by atoms with Crippen molar-refractivity contribution in [2.75, 3.05) is 37.7 Å². The highest BCUT2D eigenvalue weighted by atomic mass is 19.1. The zero-order chi connectivity index (χ0) is 21.8. The van der Waals surface area contributed by atoms with E-state index in [9.17, 15) is 14.0 Å². The summed E-state index contributed by atoms with van der Waals surface area (Å²) in [7, 11) is 0. The zero-order valence-corrected chi connectivity index (χ0v) is 17.6. The van der Waals surface area contributed by atoms with E-state index in [0.717, 1.165) is 12.2 Å². The average molecular weight is 426 g/mol. The summed E-state index contributed by atoms with van der Waals surface area (Å²) >= 11 is 0. The first-order chi connectivity index (χ1) is 15.0.